The molecule has 4 aliphatic carbocycles. The highest BCUT2D eigenvalue weighted by atomic mass is 19.1. The number of halogens is 1. The summed E-state index contributed by atoms with van der Waals surface area (Å²) in [6.45, 7) is 0. The molecule has 4 rings (SSSR count). The van der Waals surface area contributed by atoms with Crippen LogP contribution in [0.5, 0.6) is 0 Å². The lowest BCUT2D eigenvalue weighted by Crippen LogP contribution is -2.52. The van der Waals surface area contributed by atoms with Crippen molar-refractivity contribution in [2.75, 3.05) is 0 Å². The first kappa shape index (κ1) is 9.61. The summed E-state index contributed by atoms with van der Waals surface area (Å²) in [5.41, 5.74) is -0.925. The van der Waals surface area contributed by atoms with E-state index in [0.717, 1.165) is 19.3 Å². The molecule has 4 fully saturated rings. The lowest BCUT2D eigenvalue weighted by molar-refractivity contribution is -0.147. The molecule has 0 aromatic carbocycles. The first-order valence-electron chi connectivity index (χ1n) is 5.96. The van der Waals surface area contributed by atoms with E-state index in [4.69, 9.17) is 5.11 Å². The van der Waals surface area contributed by atoms with Crippen LogP contribution in [0, 0.1) is 23.7 Å². The fraction of sp³-hybridized carbons (Fsp3) is 0.917. The van der Waals surface area contributed by atoms with Crippen LogP contribution in [0.4, 0.5) is 4.39 Å². The predicted octanol–water partition coefficient (Wildman–Crippen LogP) is 2.63. The molecular formula is C12H17FO2. The van der Waals surface area contributed by atoms with Crippen LogP contribution in [0.3, 0.4) is 0 Å². The van der Waals surface area contributed by atoms with Crippen molar-refractivity contribution in [3.8, 4) is 0 Å². The van der Waals surface area contributed by atoms with E-state index in [0.29, 0.717) is 30.6 Å². The maximum atomic E-state index is 14.2. The second-order valence-electron chi connectivity index (χ2n) is 5.88. The van der Waals surface area contributed by atoms with Gasteiger partial charge in [-0.3, -0.25) is 4.79 Å². The highest BCUT2D eigenvalue weighted by Gasteiger charge is 2.55. The van der Waals surface area contributed by atoms with Gasteiger partial charge in [0.2, 0.25) is 0 Å². The predicted molar refractivity (Wildman–Crippen MR) is 53.1 cm³/mol. The van der Waals surface area contributed by atoms with Crippen LogP contribution in [0.1, 0.15) is 38.5 Å². The van der Waals surface area contributed by atoms with Crippen molar-refractivity contribution in [3.05, 3.63) is 0 Å². The molecule has 84 valence electrons. The van der Waals surface area contributed by atoms with Gasteiger partial charge < -0.3 is 5.11 Å². The van der Waals surface area contributed by atoms with E-state index in [-0.39, 0.29) is 12.3 Å². The average Bonchev–Trinajstić information content (AvgIpc) is 2.08. The Morgan fingerprint density at radius 3 is 2.33 bits per heavy atom. The topological polar surface area (TPSA) is 37.3 Å². The highest BCUT2D eigenvalue weighted by Crippen LogP contribution is 2.60. The van der Waals surface area contributed by atoms with E-state index >= 15 is 0 Å². The van der Waals surface area contributed by atoms with Crippen molar-refractivity contribution in [3.63, 3.8) is 0 Å². The van der Waals surface area contributed by atoms with Crippen molar-refractivity contribution in [1.29, 1.82) is 0 Å². The van der Waals surface area contributed by atoms with Gasteiger partial charge in [0.05, 0.1) is 0 Å². The Morgan fingerprint density at radius 1 is 1.27 bits per heavy atom. The maximum Gasteiger partial charge on any atom is 0.303 e. The molecule has 0 aromatic heterocycles. The zero-order valence-corrected chi connectivity index (χ0v) is 8.79. The summed E-state index contributed by atoms with van der Waals surface area (Å²) >= 11 is 0. The summed E-state index contributed by atoms with van der Waals surface area (Å²) in [6.07, 6.45) is 4.45. The van der Waals surface area contributed by atoms with Crippen LogP contribution >= 0.6 is 0 Å². The van der Waals surface area contributed by atoms with Gasteiger partial charge in [-0.05, 0) is 55.8 Å². The summed E-state index contributed by atoms with van der Waals surface area (Å²) in [4.78, 5) is 10.8. The summed E-state index contributed by atoms with van der Waals surface area (Å²) in [7, 11) is 0. The van der Waals surface area contributed by atoms with Gasteiger partial charge in [-0.25, -0.2) is 4.39 Å². The Bertz CT molecular complexity index is 286. The number of hydrogen-bond acceptors (Lipinski definition) is 1. The molecular weight excluding hydrogens is 195 g/mol. The van der Waals surface area contributed by atoms with E-state index in [1.54, 1.807) is 0 Å². The van der Waals surface area contributed by atoms with Crippen LogP contribution in [0.15, 0.2) is 0 Å². The Morgan fingerprint density at radius 2 is 1.87 bits per heavy atom. The summed E-state index contributed by atoms with van der Waals surface area (Å²) < 4.78 is 14.2. The number of rotatable bonds is 2. The molecule has 3 heteroatoms. The summed E-state index contributed by atoms with van der Waals surface area (Å²) in [6, 6.07) is 0. The Labute approximate surface area is 88.9 Å². The molecule has 0 aliphatic heterocycles. The third-order valence-electron chi connectivity index (χ3n) is 4.80. The van der Waals surface area contributed by atoms with E-state index < -0.39 is 11.6 Å². The molecule has 0 spiro atoms. The van der Waals surface area contributed by atoms with Crippen LogP contribution in [0.2, 0.25) is 0 Å². The van der Waals surface area contributed by atoms with E-state index in [9.17, 15) is 9.18 Å². The van der Waals surface area contributed by atoms with E-state index in [1.807, 2.05) is 0 Å². The minimum atomic E-state index is -0.925. The molecule has 2 unspecified atom stereocenters. The van der Waals surface area contributed by atoms with Crippen molar-refractivity contribution in [1.82, 2.24) is 0 Å². The molecule has 0 radical (unpaired) electrons. The number of alkyl halides is 1. The first-order chi connectivity index (χ1) is 7.06. The van der Waals surface area contributed by atoms with Crippen molar-refractivity contribution in [2.24, 2.45) is 23.7 Å². The molecule has 4 aliphatic rings. The average molecular weight is 212 g/mol. The van der Waals surface area contributed by atoms with Crippen LogP contribution in [-0.4, -0.2) is 16.7 Å². The van der Waals surface area contributed by atoms with E-state index in [1.165, 1.54) is 0 Å². The monoisotopic (exact) mass is 212 g/mol. The summed E-state index contributed by atoms with van der Waals surface area (Å²) in [5.74, 6) is 0.829. The van der Waals surface area contributed by atoms with Crippen LogP contribution < -0.4 is 0 Å². The smallest absolute Gasteiger partial charge is 0.303 e. The second kappa shape index (κ2) is 2.96. The van der Waals surface area contributed by atoms with Gasteiger partial charge in [-0.15, -0.1) is 0 Å². The van der Waals surface area contributed by atoms with Crippen LogP contribution in [0.25, 0.3) is 0 Å². The van der Waals surface area contributed by atoms with Gasteiger partial charge in [0.25, 0.3) is 0 Å². The quantitative estimate of drug-likeness (QED) is 0.764. The number of carboxylic acid groups (broad SMARTS) is 1. The third kappa shape index (κ3) is 1.47. The molecule has 2 nitrogen and oxygen atoms in total. The normalized spacial score (nSPS) is 52.1. The van der Waals surface area contributed by atoms with Crippen molar-refractivity contribution in [2.45, 2.75) is 44.2 Å². The molecule has 4 saturated carbocycles. The first-order valence-corrected chi connectivity index (χ1v) is 5.96. The highest BCUT2D eigenvalue weighted by molar-refractivity contribution is 5.67. The van der Waals surface area contributed by atoms with Gasteiger partial charge >= 0.3 is 5.97 Å². The largest absolute Gasteiger partial charge is 0.481 e. The minimum absolute atomic E-state index is 0.262. The number of hydrogen-bond donors (Lipinski definition) is 1. The van der Waals surface area contributed by atoms with Gasteiger partial charge in [0.15, 0.2) is 0 Å². The molecule has 0 heterocycles. The van der Waals surface area contributed by atoms with Crippen LogP contribution in [-0.2, 0) is 4.79 Å². The molecule has 0 amide bonds. The summed E-state index contributed by atoms with van der Waals surface area (Å²) in [5, 5.41) is 8.87. The number of carboxylic acids is 1. The molecule has 4 bridgehead atoms. The molecule has 0 aromatic rings. The Balaban J connectivity index is 1.82. The Kier molecular flexibility index (Phi) is 1.89. The zero-order valence-electron chi connectivity index (χ0n) is 8.79. The van der Waals surface area contributed by atoms with Crippen molar-refractivity contribution >= 4 is 5.97 Å². The third-order valence-corrected chi connectivity index (χ3v) is 4.80. The lowest BCUT2D eigenvalue weighted by atomic mass is 9.50. The Hall–Kier alpha value is -0.600. The zero-order chi connectivity index (χ0) is 10.6. The van der Waals surface area contributed by atoms with Gasteiger partial charge in [0, 0.05) is 6.42 Å². The van der Waals surface area contributed by atoms with Gasteiger partial charge in [-0.1, -0.05) is 0 Å². The molecule has 15 heavy (non-hydrogen) atoms. The van der Waals surface area contributed by atoms with Crippen molar-refractivity contribution < 1.29 is 14.3 Å². The standard InChI is InChI=1S/C12H17FO2/c13-12-4-7-1-8(5-12)10(3-11(14)15)9(2-7)6-12/h7-10H,1-6H2,(H,14,15)/t7?,8?,9?,10-,12-. The van der Waals surface area contributed by atoms with E-state index in [2.05, 4.69) is 0 Å². The molecule has 2 atom stereocenters. The second-order valence-corrected chi connectivity index (χ2v) is 5.88. The molecule has 1 N–H and O–H groups in total. The fourth-order valence-electron chi connectivity index (χ4n) is 4.57. The number of aliphatic carboxylic acids is 1. The minimum Gasteiger partial charge on any atom is -0.481 e. The number of carbonyl (C=O) groups is 1. The SMILES string of the molecule is O=C(O)C[C@H]1C2CC3CC1C[C@](F)(C3)C2. The molecule has 0 saturated heterocycles. The lowest BCUT2D eigenvalue weighted by Gasteiger charge is -2.56. The van der Waals surface area contributed by atoms with Gasteiger partial charge in [0.1, 0.15) is 5.67 Å². The van der Waals surface area contributed by atoms with Gasteiger partial charge in [-0.2, -0.15) is 0 Å². The maximum absolute atomic E-state index is 14.2. The fourth-order valence-corrected chi connectivity index (χ4v) is 4.57.